The summed E-state index contributed by atoms with van der Waals surface area (Å²) in [4.78, 5) is 11.8. The highest BCUT2D eigenvalue weighted by atomic mass is 79.9. The second-order valence-corrected chi connectivity index (χ2v) is 5.28. The quantitative estimate of drug-likeness (QED) is 0.910. The van der Waals surface area contributed by atoms with Gasteiger partial charge in [-0.3, -0.25) is 4.79 Å². The van der Waals surface area contributed by atoms with Gasteiger partial charge in [0.1, 0.15) is 5.75 Å². The van der Waals surface area contributed by atoms with E-state index in [1.54, 1.807) is 0 Å². The van der Waals surface area contributed by atoms with Crippen molar-refractivity contribution < 1.29 is 9.53 Å². The molecule has 3 nitrogen and oxygen atoms in total. The van der Waals surface area contributed by atoms with Crippen LogP contribution < -0.4 is 10.1 Å². The van der Waals surface area contributed by atoms with Gasteiger partial charge in [-0.15, -0.1) is 0 Å². The highest BCUT2D eigenvalue weighted by Gasteiger charge is 2.05. The summed E-state index contributed by atoms with van der Waals surface area (Å²) >= 11 is 3.37. The zero-order valence-corrected chi connectivity index (χ0v) is 12.8. The maximum atomic E-state index is 11.8. The lowest BCUT2D eigenvalue weighted by Crippen LogP contribution is -2.28. The van der Waals surface area contributed by atoms with Crippen LogP contribution in [0.4, 0.5) is 0 Å². The lowest BCUT2D eigenvalue weighted by atomic mass is 10.1. The average molecular weight is 334 g/mol. The van der Waals surface area contributed by atoms with Crippen molar-refractivity contribution in [3.8, 4) is 5.75 Å². The first-order valence-corrected chi connectivity index (χ1v) is 7.14. The molecule has 0 radical (unpaired) electrons. The molecule has 0 fully saturated rings. The molecule has 104 valence electrons. The molecule has 0 spiro atoms. The number of rotatable bonds is 5. The van der Waals surface area contributed by atoms with E-state index in [4.69, 9.17) is 4.74 Å². The van der Waals surface area contributed by atoms with E-state index in [1.807, 2.05) is 55.5 Å². The van der Waals surface area contributed by atoms with Crippen molar-refractivity contribution in [3.05, 3.63) is 64.1 Å². The van der Waals surface area contributed by atoms with E-state index in [0.717, 1.165) is 10.0 Å². The van der Waals surface area contributed by atoms with Crippen molar-refractivity contribution in [1.82, 2.24) is 5.32 Å². The molecule has 0 bridgehead atoms. The van der Waals surface area contributed by atoms with Gasteiger partial charge in [0.25, 0.3) is 5.91 Å². The molecular weight excluding hydrogens is 318 g/mol. The molecule has 4 heteroatoms. The Bertz CT molecular complexity index is 547. The monoisotopic (exact) mass is 333 g/mol. The zero-order valence-electron chi connectivity index (χ0n) is 11.2. The lowest BCUT2D eigenvalue weighted by molar-refractivity contribution is -0.123. The topological polar surface area (TPSA) is 38.3 Å². The first-order chi connectivity index (χ1) is 9.66. The summed E-state index contributed by atoms with van der Waals surface area (Å²) in [5.74, 6) is 0.530. The van der Waals surface area contributed by atoms with E-state index in [9.17, 15) is 4.79 Å². The van der Waals surface area contributed by atoms with Crippen LogP contribution in [0, 0.1) is 6.92 Å². The molecule has 0 aliphatic carbocycles. The summed E-state index contributed by atoms with van der Waals surface area (Å²) in [6, 6.07) is 15.4. The summed E-state index contributed by atoms with van der Waals surface area (Å²) in [5, 5.41) is 2.85. The van der Waals surface area contributed by atoms with Crippen molar-refractivity contribution in [3.63, 3.8) is 0 Å². The summed E-state index contributed by atoms with van der Waals surface area (Å²) in [6.45, 7) is 2.55. The number of halogens is 1. The fourth-order valence-corrected chi connectivity index (χ4v) is 2.16. The molecule has 2 aromatic rings. The van der Waals surface area contributed by atoms with Gasteiger partial charge in [0.15, 0.2) is 6.61 Å². The Hall–Kier alpha value is -1.81. The van der Waals surface area contributed by atoms with Crippen LogP contribution in [0.15, 0.2) is 53.0 Å². The molecule has 0 unspecified atom stereocenters. The van der Waals surface area contributed by atoms with Crippen LogP contribution in [0.2, 0.25) is 0 Å². The Balaban J connectivity index is 1.82. The molecule has 0 aromatic heterocycles. The molecule has 20 heavy (non-hydrogen) atoms. The number of benzene rings is 2. The van der Waals surface area contributed by atoms with Gasteiger partial charge in [0.2, 0.25) is 0 Å². The number of hydrogen-bond acceptors (Lipinski definition) is 2. The molecule has 0 aliphatic heterocycles. The summed E-state index contributed by atoms with van der Waals surface area (Å²) in [5.41, 5.74) is 2.28. The van der Waals surface area contributed by atoms with E-state index in [0.29, 0.717) is 12.3 Å². The Morgan fingerprint density at radius 2 is 1.85 bits per heavy atom. The van der Waals surface area contributed by atoms with Gasteiger partial charge in [0, 0.05) is 6.54 Å². The second kappa shape index (κ2) is 7.10. The minimum atomic E-state index is -0.135. The molecule has 2 rings (SSSR count). The molecule has 0 heterocycles. The number of carbonyl (C=O) groups excluding carboxylic acids is 1. The Morgan fingerprint density at radius 1 is 1.15 bits per heavy atom. The first-order valence-electron chi connectivity index (χ1n) is 6.35. The van der Waals surface area contributed by atoms with Gasteiger partial charge in [-0.25, -0.2) is 0 Å². The smallest absolute Gasteiger partial charge is 0.258 e. The third-order valence-corrected chi connectivity index (χ3v) is 3.59. The molecule has 0 atom stereocenters. The maximum absolute atomic E-state index is 11.8. The normalized spacial score (nSPS) is 10.1. The largest absolute Gasteiger partial charge is 0.483 e. The van der Waals surface area contributed by atoms with Gasteiger partial charge < -0.3 is 10.1 Å². The van der Waals surface area contributed by atoms with E-state index in [1.165, 1.54) is 5.56 Å². The molecule has 1 amide bonds. The van der Waals surface area contributed by atoms with Gasteiger partial charge in [-0.2, -0.15) is 0 Å². The van der Waals surface area contributed by atoms with E-state index in [2.05, 4.69) is 21.2 Å². The van der Waals surface area contributed by atoms with E-state index < -0.39 is 0 Å². The van der Waals surface area contributed by atoms with Crippen LogP contribution >= 0.6 is 15.9 Å². The highest BCUT2D eigenvalue weighted by Crippen LogP contribution is 2.23. The van der Waals surface area contributed by atoms with Crippen LogP contribution in [0.3, 0.4) is 0 Å². The zero-order chi connectivity index (χ0) is 14.4. The summed E-state index contributed by atoms with van der Waals surface area (Å²) in [6.07, 6.45) is 0. The Kier molecular flexibility index (Phi) is 5.18. The van der Waals surface area contributed by atoms with Crippen LogP contribution in [0.25, 0.3) is 0 Å². The van der Waals surface area contributed by atoms with Crippen molar-refractivity contribution >= 4 is 21.8 Å². The Morgan fingerprint density at radius 3 is 2.60 bits per heavy atom. The van der Waals surface area contributed by atoms with Crippen LogP contribution in [0.1, 0.15) is 11.1 Å². The predicted molar refractivity (Wildman–Crippen MR) is 82.7 cm³/mol. The van der Waals surface area contributed by atoms with Gasteiger partial charge in [-0.1, -0.05) is 36.4 Å². The summed E-state index contributed by atoms with van der Waals surface area (Å²) in [7, 11) is 0. The average Bonchev–Trinajstić information content (AvgIpc) is 2.45. The molecule has 0 saturated heterocycles. The van der Waals surface area contributed by atoms with Crippen molar-refractivity contribution in [2.24, 2.45) is 0 Å². The highest BCUT2D eigenvalue weighted by molar-refractivity contribution is 9.10. The third kappa shape index (κ3) is 4.10. The minimum Gasteiger partial charge on any atom is -0.483 e. The van der Waals surface area contributed by atoms with E-state index >= 15 is 0 Å². The molecule has 0 aliphatic rings. The maximum Gasteiger partial charge on any atom is 0.258 e. The van der Waals surface area contributed by atoms with Gasteiger partial charge in [-0.05, 0) is 46.1 Å². The third-order valence-electron chi connectivity index (χ3n) is 2.93. The number of hydrogen-bond donors (Lipinski definition) is 1. The number of ether oxygens (including phenoxy) is 1. The number of amides is 1. The molecular formula is C16H16BrNO2. The SMILES string of the molecule is Cc1ccccc1CNC(=O)COc1ccccc1Br. The van der Waals surface area contributed by atoms with Crippen molar-refractivity contribution in [2.45, 2.75) is 13.5 Å². The van der Waals surface area contributed by atoms with Crippen molar-refractivity contribution in [2.75, 3.05) is 6.61 Å². The number of para-hydroxylation sites is 1. The van der Waals surface area contributed by atoms with Crippen molar-refractivity contribution in [1.29, 1.82) is 0 Å². The van der Waals surface area contributed by atoms with Gasteiger partial charge in [0.05, 0.1) is 4.47 Å². The van der Waals surface area contributed by atoms with Gasteiger partial charge >= 0.3 is 0 Å². The number of carbonyl (C=O) groups is 1. The lowest BCUT2D eigenvalue weighted by Gasteiger charge is -2.10. The first kappa shape index (κ1) is 14.6. The minimum absolute atomic E-state index is 0.00843. The fraction of sp³-hybridized carbons (Fsp3) is 0.188. The summed E-state index contributed by atoms with van der Waals surface area (Å²) < 4.78 is 6.30. The Labute approximate surface area is 127 Å². The van der Waals surface area contributed by atoms with Crippen LogP contribution in [-0.2, 0) is 11.3 Å². The standard InChI is InChI=1S/C16H16BrNO2/c1-12-6-2-3-7-13(12)10-18-16(19)11-20-15-9-5-4-8-14(15)17/h2-9H,10-11H2,1H3,(H,18,19). The number of aryl methyl sites for hydroxylation is 1. The fourth-order valence-electron chi connectivity index (χ4n) is 1.76. The predicted octanol–water partition coefficient (Wildman–Crippen LogP) is 3.45. The van der Waals surface area contributed by atoms with Crippen LogP contribution in [-0.4, -0.2) is 12.5 Å². The van der Waals surface area contributed by atoms with Crippen LogP contribution in [0.5, 0.6) is 5.75 Å². The molecule has 1 N–H and O–H groups in total. The second-order valence-electron chi connectivity index (χ2n) is 4.42. The molecule has 2 aromatic carbocycles. The molecule has 0 saturated carbocycles. The van der Waals surface area contributed by atoms with E-state index in [-0.39, 0.29) is 12.5 Å². The number of nitrogens with one attached hydrogen (secondary N) is 1.